The lowest BCUT2D eigenvalue weighted by atomic mass is 10.1. The fourth-order valence-corrected chi connectivity index (χ4v) is 2.10. The molecular weight excluding hydrogens is 272 g/mol. The highest BCUT2D eigenvalue weighted by Crippen LogP contribution is 2.12. The average Bonchev–Trinajstić information content (AvgIpc) is 2.98. The van der Waals surface area contributed by atoms with Crippen LogP contribution in [0.1, 0.15) is 30.1 Å². The van der Waals surface area contributed by atoms with E-state index in [4.69, 9.17) is 4.74 Å². The Morgan fingerprint density at radius 2 is 2.10 bits per heavy atom. The van der Waals surface area contributed by atoms with Gasteiger partial charge in [-0.3, -0.25) is 14.4 Å². The number of rotatable bonds is 4. The van der Waals surface area contributed by atoms with Crippen molar-refractivity contribution in [3.05, 3.63) is 29.8 Å². The van der Waals surface area contributed by atoms with Crippen LogP contribution in [-0.2, 0) is 14.3 Å². The summed E-state index contributed by atoms with van der Waals surface area (Å²) >= 11 is 0. The Morgan fingerprint density at radius 3 is 2.76 bits per heavy atom. The summed E-state index contributed by atoms with van der Waals surface area (Å²) < 4.78 is 5.36. The quantitative estimate of drug-likeness (QED) is 0.643. The Kier molecular flexibility index (Phi) is 5.05. The molecule has 0 unspecified atom stereocenters. The van der Waals surface area contributed by atoms with E-state index in [0.29, 0.717) is 24.4 Å². The van der Waals surface area contributed by atoms with E-state index in [1.54, 1.807) is 18.2 Å². The highest BCUT2D eigenvalue weighted by molar-refractivity contribution is 6.39. The maximum Gasteiger partial charge on any atom is 0.313 e. The summed E-state index contributed by atoms with van der Waals surface area (Å²) in [4.78, 5) is 34.7. The molecule has 0 radical (unpaired) electrons. The maximum atomic E-state index is 11.7. The zero-order valence-electron chi connectivity index (χ0n) is 11.8. The molecule has 6 heteroatoms. The summed E-state index contributed by atoms with van der Waals surface area (Å²) in [5.74, 6) is -1.57. The molecule has 0 bridgehead atoms. The van der Waals surface area contributed by atoms with E-state index >= 15 is 0 Å². The molecule has 0 aliphatic carbocycles. The van der Waals surface area contributed by atoms with Crippen molar-refractivity contribution in [3.8, 4) is 0 Å². The van der Waals surface area contributed by atoms with E-state index in [9.17, 15) is 14.4 Å². The van der Waals surface area contributed by atoms with Crippen LogP contribution in [0.25, 0.3) is 0 Å². The monoisotopic (exact) mass is 290 g/mol. The number of carbonyl (C=O) groups is 3. The summed E-state index contributed by atoms with van der Waals surface area (Å²) in [6.07, 6.45) is 1.86. The fraction of sp³-hybridized carbons (Fsp3) is 0.400. The predicted octanol–water partition coefficient (Wildman–Crippen LogP) is 1.12. The Morgan fingerprint density at radius 1 is 1.29 bits per heavy atom. The minimum Gasteiger partial charge on any atom is -0.376 e. The number of ketones is 1. The van der Waals surface area contributed by atoms with E-state index in [0.717, 1.165) is 12.8 Å². The molecule has 2 amide bonds. The summed E-state index contributed by atoms with van der Waals surface area (Å²) in [7, 11) is 0. The van der Waals surface area contributed by atoms with Crippen molar-refractivity contribution in [2.24, 2.45) is 0 Å². The SMILES string of the molecule is CC(=O)c1cccc(NC(=O)C(=O)NC[C@@H]2CCCO2)c1. The Balaban J connectivity index is 1.86. The fourth-order valence-electron chi connectivity index (χ4n) is 2.10. The van der Waals surface area contributed by atoms with E-state index < -0.39 is 11.8 Å². The van der Waals surface area contributed by atoms with Gasteiger partial charge in [-0.1, -0.05) is 12.1 Å². The summed E-state index contributed by atoms with van der Waals surface area (Å²) in [6, 6.07) is 6.46. The molecule has 0 saturated carbocycles. The molecule has 112 valence electrons. The van der Waals surface area contributed by atoms with Crippen molar-refractivity contribution in [3.63, 3.8) is 0 Å². The Hall–Kier alpha value is -2.21. The summed E-state index contributed by atoms with van der Waals surface area (Å²) in [6.45, 7) is 2.47. The van der Waals surface area contributed by atoms with Crippen LogP contribution in [0.3, 0.4) is 0 Å². The minimum absolute atomic E-state index is 0.0113. The first-order chi connectivity index (χ1) is 10.1. The molecule has 1 aliphatic rings. The molecule has 2 rings (SSSR count). The smallest absolute Gasteiger partial charge is 0.313 e. The summed E-state index contributed by atoms with van der Waals surface area (Å²) in [5, 5.41) is 5.01. The van der Waals surface area contributed by atoms with Crippen molar-refractivity contribution in [2.75, 3.05) is 18.5 Å². The Bertz CT molecular complexity index is 550. The van der Waals surface area contributed by atoms with Gasteiger partial charge in [0, 0.05) is 24.4 Å². The van der Waals surface area contributed by atoms with Gasteiger partial charge in [-0.25, -0.2) is 0 Å². The number of hydrogen-bond acceptors (Lipinski definition) is 4. The highest BCUT2D eigenvalue weighted by atomic mass is 16.5. The number of ether oxygens (including phenoxy) is 1. The van der Waals surface area contributed by atoms with Crippen LogP contribution in [0.5, 0.6) is 0 Å². The molecule has 6 nitrogen and oxygen atoms in total. The van der Waals surface area contributed by atoms with Crippen LogP contribution >= 0.6 is 0 Å². The number of hydrogen-bond donors (Lipinski definition) is 2. The first kappa shape index (κ1) is 15.2. The van der Waals surface area contributed by atoms with Gasteiger partial charge in [0.2, 0.25) is 0 Å². The van der Waals surface area contributed by atoms with Gasteiger partial charge in [-0.05, 0) is 31.9 Å². The van der Waals surface area contributed by atoms with Gasteiger partial charge in [0.15, 0.2) is 5.78 Å². The van der Waals surface area contributed by atoms with Crippen molar-refractivity contribution in [1.82, 2.24) is 5.32 Å². The molecule has 1 saturated heterocycles. The van der Waals surface area contributed by atoms with Crippen LogP contribution in [0.4, 0.5) is 5.69 Å². The van der Waals surface area contributed by atoms with Crippen LogP contribution in [0, 0.1) is 0 Å². The van der Waals surface area contributed by atoms with E-state index in [1.165, 1.54) is 13.0 Å². The molecule has 2 N–H and O–H groups in total. The molecular formula is C15H18N2O4. The second kappa shape index (κ2) is 6.99. The largest absolute Gasteiger partial charge is 0.376 e. The van der Waals surface area contributed by atoms with E-state index in [-0.39, 0.29) is 11.9 Å². The lowest BCUT2D eigenvalue weighted by molar-refractivity contribution is -0.136. The van der Waals surface area contributed by atoms with E-state index in [1.807, 2.05) is 0 Å². The molecule has 1 heterocycles. The number of Topliss-reactive ketones (excluding diaryl/α,β-unsaturated/α-hetero) is 1. The lowest BCUT2D eigenvalue weighted by Crippen LogP contribution is -2.39. The standard InChI is InChI=1S/C15H18N2O4/c1-10(18)11-4-2-5-12(8-11)17-15(20)14(19)16-9-13-6-3-7-21-13/h2,4-5,8,13H,3,6-7,9H2,1H3,(H,16,19)(H,17,20)/t13-/m0/s1. The van der Waals surface area contributed by atoms with Gasteiger partial charge in [-0.15, -0.1) is 0 Å². The van der Waals surface area contributed by atoms with Crippen LogP contribution < -0.4 is 10.6 Å². The van der Waals surface area contributed by atoms with Crippen molar-refractivity contribution in [2.45, 2.75) is 25.9 Å². The first-order valence-electron chi connectivity index (χ1n) is 6.88. The van der Waals surface area contributed by atoms with Crippen LogP contribution in [0.2, 0.25) is 0 Å². The predicted molar refractivity (Wildman–Crippen MR) is 77.1 cm³/mol. The Labute approximate surface area is 122 Å². The van der Waals surface area contributed by atoms with Gasteiger partial charge in [0.05, 0.1) is 6.10 Å². The number of carbonyl (C=O) groups excluding carboxylic acids is 3. The molecule has 21 heavy (non-hydrogen) atoms. The van der Waals surface area contributed by atoms with Gasteiger partial charge < -0.3 is 15.4 Å². The molecule has 1 aromatic carbocycles. The molecule has 0 aromatic heterocycles. The lowest BCUT2D eigenvalue weighted by Gasteiger charge is -2.11. The topological polar surface area (TPSA) is 84.5 Å². The second-order valence-corrected chi connectivity index (χ2v) is 4.94. The third-order valence-corrected chi connectivity index (χ3v) is 3.25. The highest BCUT2D eigenvalue weighted by Gasteiger charge is 2.19. The molecule has 0 spiro atoms. The zero-order valence-corrected chi connectivity index (χ0v) is 11.8. The molecule has 1 aliphatic heterocycles. The van der Waals surface area contributed by atoms with Gasteiger partial charge >= 0.3 is 11.8 Å². The van der Waals surface area contributed by atoms with Gasteiger partial charge in [0.1, 0.15) is 0 Å². The molecule has 1 aromatic rings. The van der Waals surface area contributed by atoms with Crippen LogP contribution in [0.15, 0.2) is 24.3 Å². The normalized spacial score (nSPS) is 17.3. The number of amides is 2. The minimum atomic E-state index is -0.756. The number of nitrogens with one attached hydrogen (secondary N) is 2. The van der Waals surface area contributed by atoms with Crippen molar-refractivity contribution >= 4 is 23.3 Å². The first-order valence-corrected chi connectivity index (χ1v) is 6.88. The number of anilines is 1. The third-order valence-electron chi connectivity index (χ3n) is 3.25. The van der Waals surface area contributed by atoms with E-state index in [2.05, 4.69) is 10.6 Å². The molecule has 1 atom stereocenters. The molecule has 1 fully saturated rings. The van der Waals surface area contributed by atoms with Crippen molar-refractivity contribution in [1.29, 1.82) is 0 Å². The third kappa shape index (κ3) is 4.39. The number of benzene rings is 1. The zero-order chi connectivity index (χ0) is 15.2. The van der Waals surface area contributed by atoms with Gasteiger partial charge in [-0.2, -0.15) is 0 Å². The van der Waals surface area contributed by atoms with Gasteiger partial charge in [0.25, 0.3) is 0 Å². The summed E-state index contributed by atoms with van der Waals surface area (Å²) in [5.41, 5.74) is 0.896. The maximum absolute atomic E-state index is 11.7. The average molecular weight is 290 g/mol. The second-order valence-electron chi connectivity index (χ2n) is 4.94. The van der Waals surface area contributed by atoms with Crippen LogP contribution in [-0.4, -0.2) is 36.9 Å². The van der Waals surface area contributed by atoms with Crippen molar-refractivity contribution < 1.29 is 19.1 Å².